The molecule has 5 nitrogen and oxygen atoms in total. The minimum Gasteiger partial charge on any atom is -0.496 e. The van der Waals surface area contributed by atoms with Crippen LogP contribution in [0.1, 0.15) is 55.8 Å². The van der Waals surface area contributed by atoms with Crippen molar-refractivity contribution in [2.45, 2.75) is 65.5 Å². The van der Waals surface area contributed by atoms with E-state index in [1.807, 2.05) is 20.0 Å². The Morgan fingerprint density at radius 1 is 1.30 bits per heavy atom. The van der Waals surface area contributed by atoms with E-state index in [1.165, 1.54) is 32.1 Å². The molecule has 0 spiro atoms. The number of nitrogens with one attached hydrogen (secondary N) is 2. The average molecular weight is 318 g/mol. The molecule has 1 saturated carbocycles. The van der Waals surface area contributed by atoms with Gasteiger partial charge in [-0.3, -0.25) is 4.98 Å². The monoisotopic (exact) mass is 318 g/mol. The number of pyridine rings is 1. The summed E-state index contributed by atoms with van der Waals surface area (Å²) in [6.07, 6.45) is 8.32. The van der Waals surface area contributed by atoms with Crippen LogP contribution in [0.4, 0.5) is 0 Å². The zero-order valence-corrected chi connectivity index (χ0v) is 14.9. The van der Waals surface area contributed by atoms with Gasteiger partial charge in [-0.05, 0) is 33.6 Å². The van der Waals surface area contributed by atoms with Gasteiger partial charge in [0.25, 0.3) is 0 Å². The molecule has 1 heterocycles. The summed E-state index contributed by atoms with van der Waals surface area (Å²) in [5.41, 5.74) is 3.10. The van der Waals surface area contributed by atoms with Crippen LogP contribution >= 0.6 is 0 Å². The highest BCUT2D eigenvalue weighted by Gasteiger charge is 2.15. The lowest BCUT2D eigenvalue weighted by atomic mass is 9.96. The third kappa shape index (κ3) is 4.85. The second-order valence-electron chi connectivity index (χ2n) is 6.22. The van der Waals surface area contributed by atoms with Crippen LogP contribution in [0.25, 0.3) is 0 Å². The number of methoxy groups -OCH3 is 1. The molecule has 5 heteroatoms. The summed E-state index contributed by atoms with van der Waals surface area (Å²) in [6, 6.07) is 0.545. The molecule has 0 aliphatic heterocycles. The van der Waals surface area contributed by atoms with E-state index < -0.39 is 0 Å². The molecule has 1 aliphatic rings. The van der Waals surface area contributed by atoms with Crippen LogP contribution in [-0.2, 0) is 6.54 Å². The van der Waals surface area contributed by atoms with E-state index in [0.29, 0.717) is 12.6 Å². The van der Waals surface area contributed by atoms with Gasteiger partial charge >= 0.3 is 0 Å². The molecule has 0 radical (unpaired) electrons. The topological polar surface area (TPSA) is 58.5 Å². The number of hydrogen-bond acceptors (Lipinski definition) is 3. The predicted molar refractivity (Wildman–Crippen MR) is 95.1 cm³/mol. The lowest BCUT2D eigenvalue weighted by Crippen LogP contribution is -2.44. The molecule has 0 amide bonds. The first-order chi connectivity index (χ1) is 11.2. The van der Waals surface area contributed by atoms with E-state index in [-0.39, 0.29) is 0 Å². The Morgan fingerprint density at radius 3 is 2.70 bits per heavy atom. The van der Waals surface area contributed by atoms with Gasteiger partial charge in [-0.1, -0.05) is 19.3 Å². The van der Waals surface area contributed by atoms with E-state index in [9.17, 15) is 0 Å². The molecule has 1 aromatic heterocycles. The van der Waals surface area contributed by atoms with Crippen molar-refractivity contribution in [2.75, 3.05) is 13.7 Å². The molecule has 0 saturated heterocycles. The maximum absolute atomic E-state index is 5.47. The van der Waals surface area contributed by atoms with Crippen molar-refractivity contribution in [1.29, 1.82) is 0 Å². The molecule has 0 bridgehead atoms. The van der Waals surface area contributed by atoms with Gasteiger partial charge in [0, 0.05) is 29.9 Å². The fourth-order valence-electron chi connectivity index (χ4n) is 3.14. The quantitative estimate of drug-likeness (QED) is 0.647. The van der Waals surface area contributed by atoms with Crippen molar-refractivity contribution in [2.24, 2.45) is 4.99 Å². The van der Waals surface area contributed by atoms with E-state index in [1.54, 1.807) is 7.11 Å². The zero-order chi connectivity index (χ0) is 16.7. The summed E-state index contributed by atoms with van der Waals surface area (Å²) in [5.74, 6) is 1.80. The first kappa shape index (κ1) is 17.6. The normalized spacial score (nSPS) is 16.3. The lowest BCUT2D eigenvalue weighted by Gasteiger charge is -2.25. The van der Waals surface area contributed by atoms with Crippen LogP contribution in [0.5, 0.6) is 5.75 Å². The van der Waals surface area contributed by atoms with E-state index in [4.69, 9.17) is 9.73 Å². The number of rotatable bonds is 5. The minimum absolute atomic E-state index is 0.545. The van der Waals surface area contributed by atoms with Crippen LogP contribution < -0.4 is 15.4 Å². The van der Waals surface area contributed by atoms with Crippen LogP contribution in [0.3, 0.4) is 0 Å². The third-order valence-electron chi connectivity index (χ3n) is 4.43. The Balaban J connectivity index is 2.07. The second-order valence-corrected chi connectivity index (χ2v) is 6.22. The highest BCUT2D eigenvalue weighted by atomic mass is 16.5. The van der Waals surface area contributed by atoms with Gasteiger partial charge < -0.3 is 15.4 Å². The third-order valence-corrected chi connectivity index (χ3v) is 4.43. The molecule has 2 rings (SSSR count). The molecule has 23 heavy (non-hydrogen) atoms. The smallest absolute Gasteiger partial charge is 0.191 e. The van der Waals surface area contributed by atoms with Crippen LogP contribution in [0.15, 0.2) is 11.2 Å². The first-order valence-corrected chi connectivity index (χ1v) is 8.69. The van der Waals surface area contributed by atoms with Gasteiger partial charge in [-0.2, -0.15) is 0 Å². The highest BCUT2D eigenvalue weighted by Crippen LogP contribution is 2.24. The van der Waals surface area contributed by atoms with Crippen LogP contribution in [0.2, 0.25) is 0 Å². The predicted octanol–water partition coefficient (Wildman–Crippen LogP) is 3.09. The van der Waals surface area contributed by atoms with Crippen molar-refractivity contribution in [3.8, 4) is 5.75 Å². The SMILES string of the molecule is CCNC(=NCc1ncc(C)c(OC)c1C)NC1CCCCC1. The number of hydrogen-bond donors (Lipinski definition) is 2. The Bertz CT molecular complexity index is 536. The standard InChI is InChI=1S/C18H30N4O/c1-5-19-18(22-15-9-7-6-8-10-15)21-12-16-14(3)17(23-4)13(2)11-20-16/h11,15H,5-10,12H2,1-4H3,(H2,19,21,22). The van der Waals surface area contributed by atoms with Gasteiger partial charge in [0.2, 0.25) is 0 Å². The molecule has 1 fully saturated rings. The van der Waals surface area contributed by atoms with Gasteiger partial charge in [-0.15, -0.1) is 0 Å². The van der Waals surface area contributed by atoms with Gasteiger partial charge in [0.1, 0.15) is 5.75 Å². The van der Waals surface area contributed by atoms with Crippen molar-refractivity contribution in [3.63, 3.8) is 0 Å². The second kappa shape index (κ2) is 8.75. The number of ether oxygens (including phenoxy) is 1. The van der Waals surface area contributed by atoms with Crippen LogP contribution in [-0.4, -0.2) is 30.6 Å². The van der Waals surface area contributed by atoms with Gasteiger partial charge in [0.15, 0.2) is 5.96 Å². The van der Waals surface area contributed by atoms with Crippen molar-refractivity contribution in [3.05, 3.63) is 23.0 Å². The lowest BCUT2D eigenvalue weighted by molar-refractivity contribution is 0.406. The number of aliphatic imine (C=N–C) groups is 1. The Kier molecular flexibility index (Phi) is 6.68. The first-order valence-electron chi connectivity index (χ1n) is 8.69. The maximum atomic E-state index is 5.47. The fourth-order valence-corrected chi connectivity index (χ4v) is 3.14. The largest absolute Gasteiger partial charge is 0.496 e. The molecule has 1 aliphatic carbocycles. The van der Waals surface area contributed by atoms with E-state index in [2.05, 4.69) is 22.5 Å². The summed E-state index contributed by atoms with van der Waals surface area (Å²) in [7, 11) is 1.71. The number of guanidine groups is 1. The highest BCUT2D eigenvalue weighted by molar-refractivity contribution is 5.80. The molecule has 0 aromatic carbocycles. The summed E-state index contributed by atoms with van der Waals surface area (Å²) in [6.45, 7) is 7.58. The summed E-state index contributed by atoms with van der Waals surface area (Å²) < 4.78 is 5.47. The van der Waals surface area contributed by atoms with Crippen LogP contribution in [0, 0.1) is 13.8 Å². The molecular weight excluding hydrogens is 288 g/mol. The Hall–Kier alpha value is -1.78. The number of aryl methyl sites for hydroxylation is 1. The minimum atomic E-state index is 0.545. The average Bonchev–Trinajstić information content (AvgIpc) is 2.55. The molecule has 0 unspecified atom stereocenters. The summed E-state index contributed by atoms with van der Waals surface area (Å²) in [4.78, 5) is 9.24. The Labute approximate surface area is 139 Å². The van der Waals surface area contributed by atoms with Gasteiger partial charge in [-0.25, -0.2) is 4.99 Å². The molecular formula is C18H30N4O. The van der Waals surface area contributed by atoms with Crippen molar-refractivity contribution >= 4 is 5.96 Å². The van der Waals surface area contributed by atoms with Crippen molar-refractivity contribution < 1.29 is 4.74 Å². The van der Waals surface area contributed by atoms with E-state index >= 15 is 0 Å². The van der Waals surface area contributed by atoms with Gasteiger partial charge in [0.05, 0.1) is 19.3 Å². The molecule has 128 valence electrons. The summed E-state index contributed by atoms with van der Waals surface area (Å²) in [5, 5.41) is 6.91. The number of aromatic nitrogens is 1. The zero-order valence-electron chi connectivity index (χ0n) is 14.9. The molecule has 0 atom stereocenters. The molecule has 2 N–H and O–H groups in total. The van der Waals surface area contributed by atoms with Crippen molar-refractivity contribution in [1.82, 2.24) is 15.6 Å². The Morgan fingerprint density at radius 2 is 2.04 bits per heavy atom. The molecule has 1 aromatic rings. The maximum Gasteiger partial charge on any atom is 0.191 e. The van der Waals surface area contributed by atoms with E-state index in [0.717, 1.165) is 35.1 Å². The number of nitrogens with zero attached hydrogens (tertiary/aromatic N) is 2. The summed E-state index contributed by atoms with van der Waals surface area (Å²) >= 11 is 0. The fraction of sp³-hybridized carbons (Fsp3) is 0.667.